The first kappa shape index (κ1) is 26.6. The van der Waals surface area contributed by atoms with Crippen LogP contribution in [-0.4, -0.2) is 29.8 Å². The fourth-order valence-corrected chi connectivity index (χ4v) is 5.43. The summed E-state index contributed by atoms with van der Waals surface area (Å²) in [6.07, 6.45) is 0.547. The van der Waals surface area contributed by atoms with Crippen LogP contribution in [0.5, 0.6) is 0 Å². The Morgan fingerprint density at radius 2 is 1.49 bits per heavy atom. The van der Waals surface area contributed by atoms with Gasteiger partial charge in [0.25, 0.3) is 0 Å². The molecule has 3 aromatic rings. The minimum absolute atomic E-state index is 0.0629. The van der Waals surface area contributed by atoms with Gasteiger partial charge in [-0.2, -0.15) is 0 Å². The Hall–Kier alpha value is -3.05. The van der Waals surface area contributed by atoms with Crippen LogP contribution < -0.4 is 14.8 Å². The molecule has 1 amide bonds. The van der Waals surface area contributed by atoms with Crippen molar-refractivity contribution in [2.24, 2.45) is 0 Å². The smallest absolute Gasteiger partial charge is 0.241 e. The predicted octanol–water partition coefficient (Wildman–Crippen LogP) is 3.51. The topological polar surface area (TPSA) is 121 Å². The number of benzene rings is 3. The summed E-state index contributed by atoms with van der Waals surface area (Å²) < 4.78 is 54.4. The molecule has 0 aliphatic heterocycles. The summed E-state index contributed by atoms with van der Waals surface area (Å²) in [6, 6.07) is 19.8. The first-order valence-electron chi connectivity index (χ1n) is 11.0. The largest absolute Gasteiger partial charge is 0.326 e. The lowest BCUT2D eigenvalue weighted by molar-refractivity contribution is -0.116. The van der Waals surface area contributed by atoms with E-state index in [1.807, 2.05) is 30.3 Å². The van der Waals surface area contributed by atoms with Gasteiger partial charge in [-0.1, -0.05) is 48.5 Å². The van der Waals surface area contributed by atoms with Crippen LogP contribution in [0.2, 0.25) is 0 Å². The van der Waals surface area contributed by atoms with Crippen molar-refractivity contribution >= 4 is 31.6 Å². The van der Waals surface area contributed by atoms with Crippen molar-refractivity contribution in [3.05, 3.63) is 89.5 Å². The number of hydrogen-bond acceptors (Lipinski definition) is 5. The van der Waals surface area contributed by atoms with Crippen LogP contribution in [0, 0.1) is 6.92 Å². The first-order valence-corrected chi connectivity index (χ1v) is 14.0. The number of hydrogen-bond donors (Lipinski definition) is 3. The van der Waals surface area contributed by atoms with Gasteiger partial charge in [-0.25, -0.2) is 26.3 Å². The number of amides is 1. The molecule has 0 aliphatic rings. The number of aryl methyl sites for hydroxylation is 2. The van der Waals surface area contributed by atoms with Gasteiger partial charge in [-0.3, -0.25) is 4.79 Å². The van der Waals surface area contributed by atoms with Crippen molar-refractivity contribution in [2.45, 2.75) is 42.5 Å². The Kier molecular flexibility index (Phi) is 8.44. The lowest BCUT2D eigenvalue weighted by Crippen LogP contribution is -2.26. The Morgan fingerprint density at radius 1 is 0.857 bits per heavy atom. The molecule has 1 atom stereocenters. The van der Waals surface area contributed by atoms with E-state index in [4.69, 9.17) is 0 Å². The summed E-state index contributed by atoms with van der Waals surface area (Å²) >= 11 is 0. The summed E-state index contributed by atoms with van der Waals surface area (Å²) in [6.45, 7) is 3.56. The molecule has 0 bridgehead atoms. The molecule has 8 nitrogen and oxygen atoms in total. The third-order valence-electron chi connectivity index (χ3n) is 5.57. The van der Waals surface area contributed by atoms with Gasteiger partial charge in [0.05, 0.1) is 9.79 Å². The molecule has 3 N–H and O–H groups in total. The van der Waals surface area contributed by atoms with E-state index in [2.05, 4.69) is 14.8 Å². The second kappa shape index (κ2) is 11.1. The average molecular weight is 516 g/mol. The Bertz CT molecular complexity index is 1390. The molecule has 0 heterocycles. The van der Waals surface area contributed by atoms with Gasteiger partial charge in [0.2, 0.25) is 26.0 Å². The standard InChI is InChI=1S/C25H29N3O5S2/c1-18-9-13-23(34(30,31)26-3)17-24(18)27-25(29)16-12-20-10-14-22(15-11-20)35(32,33)28-19(2)21-7-5-4-6-8-21/h4-11,13-15,17,19,26,28H,12,16H2,1-3H3,(H,27,29)/t19-/m1/s1. The van der Waals surface area contributed by atoms with E-state index in [1.165, 1.54) is 31.3 Å². The van der Waals surface area contributed by atoms with Gasteiger partial charge < -0.3 is 5.32 Å². The molecule has 0 spiro atoms. The Labute approximate surface area is 206 Å². The molecule has 186 valence electrons. The zero-order valence-corrected chi connectivity index (χ0v) is 21.4. The van der Waals surface area contributed by atoms with E-state index in [1.54, 1.807) is 32.0 Å². The highest BCUT2D eigenvalue weighted by Gasteiger charge is 2.18. The summed E-state index contributed by atoms with van der Waals surface area (Å²) in [5.74, 6) is -0.276. The maximum absolute atomic E-state index is 12.7. The van der Waals surface area contributed by atoms with E-state index >= 15 is 0 Å². The third-order valence-corrected chi connectivity index (χ3v) is 8.54. The second-order valence-electron chi connectivity index (χ2n) is 8.13. The van der Waals surface area contributed by atoms with Crippen molar-refractivity contribution in [1.82, 2.24) is 9.44 Å². The summed E-state index contributed by atoms with van der Waals surface area (Å²) in [5, 5.41) is 2.75. The SMILES string of the molecule is CNS(=O)(=O)c1ccc(C)c(NC(=O)CCc2ccc(S(=O)(=O)N[C@H](C)c3ccccc3)cc2)c1. The van der Waals surface area contributed by atoms with Gasteiger partial charge in [-0.15, -0.1) is 0 Å². The zero-order valence-electron chi connectivity index (χ0n) is 19.8. The fourth-order valence-electron chi connectivity index (χ4n) is 3.44. The van der Waals surface area contributed by atoms with Crippen LogP contribution >= 0.6 is 0 Å². The van der Waals surface area contributed by atoms with Crippen molar-refractivity contribution in [2.75, 3.05) is 12.4 Å². The molecule has 0 saturated carbocycles. The fraction of sp³-hybridized carbons (Fsp3) is 0.240. The van der Waals surface area contributed by atoms with Crippen molar-refractivity contribution < 1.29 is 21.6 Å². The second-order valence-corrected chi connectivity index (χ2v) is 11.7. The van der Waals surface area contributed by atoms with E-state index < -0.39 is 20.0 Å². The van der Waals surface area contributed by atoms with Gasteiger partial charge >= 0.3 is 0 Å². The van der Waals surface area contributed by atoms with Crippen molar-refractivity contribution in [3.8, 4) is 0 Å². The molecule has 0 aliphatic carbocycles. The van der Waals surface area contributed by atoms with Gasteiger partial charge in [0.15, 0.2) is 0 Å². The highest BCUT2D eigenvalue weighted by atomic mass is 32.2. The van der Waals surface area contributed by atoms with Crippen molar-refractivity contribution in [3.63, 3.8) is 0 Å². The highest BCUT2D eigenvalue weighted by Crippen LogP contribution is 2.21. The molecular formula is C25H29N3O5S2. The molecule has 0 unspecified atom stereocenters. The molecule has 0 aromatic heterocycles. The van der Waals surface area contributed by atoms with Gasteiger partial charge in [0, 0.05) is 18.2 Å². The summed E-state index contributed by atoms with van der Waals surface area (Å²) in [4.78, 5) is 12.7. The molecule has 3 aromatic carbocycles. The number of anilines is 1. The number of carbonyl (C=O) groups is 1. The molecule has 0 fully saturated rings. The summed E-state index contributed by atoms with van der Waals surface area (Å²) in [5.41, 5.74) is 2.83. The molecule has 3 rings (SSSR count). The maximum atomic E-state index is 12.7. The quantitative estimate of drug-likeness (QED) is 0.382. The minimum atomic E-state index is -3.70. The third kappa shape index (κ3) is 6.98. The average Bonchev–Trinajstić information content (AvgIpc) is 2.84. The van der Waals surface area contributed by atoms with Crippen LogP contribution in [0.3, 0.4) is 0 Å². The van der Waals surface area contributed by atoms with Crippen LogP contribution in [0.1, 0.15) is 36.1 Å². The van der Waals surface area contributed by atoms with E-state index in [0.29, 0.717) is 12.1 Å². The van der Waals surface area contributed by atoms with Crippen LogP contribution in [-0.2, 0) is 31.3 Å². The van der Waals surface area contributed by atoms with Crippen LogP contribution in [0.15, 0.2) is 82.6 Å². The monoisotopic (exact) mass is 515 g/mol. The van der Waals surface area contributed by atoms with Crippen LogP contribution in [0.25, 0.3) is 0 Å². The number of carbonyl (C=O) groups excluding carboxylic acids is 1. The molecule has 0 saturated heterocycles. The lowest BCUT2D eigenvalue weighted by atomic mass is 10.1. The summed E-state index contributed by atoms with van der Waals surface area (Å²) in [7, 11) is -6.00. The molecule has 10 heteroatoms. The van der Waals surface area contributed by atoms with Gasteiger partial charge in [0.1, 0.15) is 0 Å². The maximum Gasteiger partial charge on any atom is 0.241 e. The van der Waals surface area contributed by atoms with Crippen LogP contribution in [0.4, 0.5) is 5.69 Å². The number of rotatable bonds is 10. The van der Waals surface area contributed by atoms with Gasteiger partial charge in [-0.05, 0) is 68.3 Å². The van der Waals surface area contributed by atoms with E-state index in [9.17, 15) is 21.6 Å². The molecule has 35 heavy (non-hydrogen) atoms. The molecular weight excluding hydrogens is 486 g/mol. The van der Waals surface area contributed by atoms with Crippen molar-refractivity contribution in [1.29, 1.82) is 0 Å². The Balaban J connectivity index is 1.60. The normalized spacial score (nSPS) is 12.8. The first-order chi connectivity index (χ1) is 16.5. The Morgan fingerprint density at radius 3 is 2.11 bits per heavy atom. The molecule has 0 radical (unpaired) electrons. The number of nitrogens with one attached hydrogen (secondary N) is 3. The predicted molar refractivity (Wildman–Crippen MR) is 136 cm³/mol. The van der Waals surface area contributed by atoms with E-state index in [-0.39, 0.29) is 28.2 Å². The highest BCUT2D eigenvalue weighted by molar-refractivity contribution is 7.89. The lowest BCUT2D eigenvalue weighted by Gasteiger charge is -2.15. The number of sulfonamides is 2. The van der Waals surface area contributed by atoms with E-state index in [0.717, 1.165) is 16.7 Å². The minimum Gasteiger partial charge on any atom is -0.326 e. The zero-order chi connectivity index (χ0) is 25.6.